The maximum Gasteiger partial charge on any atom is 0.322 e. The van der Waals surface area contributed by atoms with Crippen molar-refractivity contribution in [1.82, 2.24) is 25.8 Å². The number of aromatic nitrogens is 1. The Balaban J connectivity index is 1.45. The summed E-state index contributed by atoms with van der Waals surface area (Å²) in [6, 6.07) is 9.58. The van der Waals surface area contributed by atoms with Crippen molar-refractivity contribution in [3.63, 3.8) is 0 Å². The Kier molecular flexibility index (Phi) is 4.19. The van der Waals surface area contributed by atoms with Gasteiger partial charge in [-0.15, -0.1) is 0 Å². The Morgan fingerprint density at radius 1 is 0.889 bits per heavy atom. The fourth-order valence-electron chi connectivity index (χ4n) is 4.78. The van der Waals surface area contributed by atoms with Crippen LogP contribution in [0.5, 0.6) is 11.6 Å². The second kappa shape index (κ2) is 7.01. The molecule has 2 aliphatic rings. The second-order valence-electron chi connectivity index (χ2n) is 9.06. The van der Waals surface area contributed by atoms with E-state index in [0.29, 0.717) is 27.3 Å². The minimum atomic E-state index is -1.70. The first-order chi connectivity index (χ1) is 17.1. The lowest BCUT2D eigenvalue weighted by molar-refractivity contribution is -0.125. The molecule has 0 bridgehead atoms. The highest BCUT2D eigenvalue weighted by Crippen LogP contribution is 2.37. The number of rotatable bonds is 4. The third-order valence-electron chi connectivity index (χ3n) is 6.75. The molecule has 2 atom stereocenters. The summed E-state index contributed by atoms with van der Waals surface area (Å²) in [7, 11) is 0. The van der Waals surface area contributed by atoms with Crippen LogP contribution < -0.4 is 21.3 Å². The molecular formula is C24H19N5O7. The normalized spacial score (nSPS) is 23.7. The summed E-state index contributed by atoms with van der Waals surface area (Å²) in [6.45, 7) is 1.35. The number of carbonyl (C=O) groups is 4. The lowest BCUT2D eigenvalue weighted by Gasteiger charge is -2.24. The molecule has 4 aromatic rings. The number of carbonyl (C=O) groups excluding carboxylic acids is 4. The van der Waals surface area contributed by atoms with E-state index in [1.807, 2.05) is 0 Å². The van der Waals surface area contributed by atoms with Crippen molar-refractivity contribution in [3.8, 4) is 11.6 Å². The first-order valence-electron chi connectivity index (χ1n) is 10.9. The number of nitrogens with zero attached hydrogens (tertiary/aromatic N) is 1. The van der Waals surface area contributed by atoms with Crippen LogP contribution in [0.3, 0.4) is 0 Å². The largest absolute Gasteiger partial charge is 0.508 e. The Hall–Kier alpha value is -5.00. The third-order valence-corrected chi connectivity index (χ3v) is 6.75. The molecule has 4 heterocycles. The maximum absolute atomic E-state index is 13.1. The Morgan fingerprint density at radius 3 is 2.33 bits per heavy atom. The average molecular weight is 489 g/mol. The van der Waals surface area contributed by atoms with E-state index in [0.717, 1.165) is 0 Å². The number of imide groups is 2. The molecule has 2 aliphatic heterocycles. The highest BCUT2D eigenvalue weighted by molar-refractivity contribution is 6.08. The van der Waals surface area contributed by atoms with Gasteiger partial charge in [0.1, 0.15) is 22.6 Å². The quantitative estimate of drug-likeness (QED) is 0.236. The Labute approximate surface area is 201 Å². The molecule has 0 saturated carbocycles. The molecule has 2 aromatic heterocycles. The number of hydrogen-bond donors (Lipinski definition) is 6. The second-order valence-corrected chi connectivity index (χ2v) is 9.06. The number of aromatic hydroxyl groups is 2. The summed E-state index contributed by atoms with van der Waals surface area (Å²) >= 11 is 0. The molecule has 182 valence electrons. The first-order valence-corrected chi connectivity index (χ1v) is 10.9. The highest BCUT2D eigenvalue weighted by atomic mass is 16.3. The number of urea groups is 2. The van der Waals surface area contributed by atoms with Crippen molar-refractivity contribution in [1.29, 1.82) is 0 Å². The van der Waals surface area contributed by atoms with Gasteiger partial charge in [0.15, 0.2) is 11.4 Å². The van der Waals surface area contributed by atoms with Gasteiger partial charge in [-0.1, -0.05) is 6.07 Å². The number of fused-ring (bicyclic) bond motifs is 2. The van der Waals surface area contributed by atoms with Gasteiger partial charge in [0.05, 0.1) is 6.54 Å². The number of furan rings is 1. The number of nitrogens with one attached hydrogen (secondary N) is 4. The lowest BCUT2D eigenvalue weighted by atomic mass is 9.91. The van der Waals surface area contributed by atoms with Crippen LogP contribution in [0.25, 0.3) is 21.7 Å². The van der Waals surface area contributed by atoms with Crippen LogP contribution in [0.2, 0.25) is 0 Å². The van der Waals surface area contributed by atoms with E-state index in [9.17, 15) is 29.4 Å². The minimum Gasteiger partial charge on any atom is -0.508 e. The molecule has 12 nitrogen and oxygen atoms in total. The van der Waals surface area contributed by atoms with E-state index in [1.54, 1.807) is 43.5 Å². The number of hydrogen-bond acceptors (Lipinski definition) is 7. The van der Waals surface area contributed by atoms with E-state index in [1.165, 1.54) is 16.7 Å². The minimum absolute atomic E-state index is 0.0360. The van der Waals surface area contributed by atoms with Crippen molar-refractivity contribution < 1.29 is 33.8 Å². The fourth-order valence-corrected chi connectivity index (χ4v) is 4.78. The molecule has 0 aliphatic carbocycles. The number of amides is 6. The predicted octanol–water partition coefficient (Wildman–Crippen LogP) is 1.59. The van der Waals surface area contributed by atoms with Crippen LogP contribution >= 0.6 is 0 Å². The molecule has 6 rings (SSSR count). The maximum atomic E-state index is 13.1. The van der Waals surface area contributed by atoms with Crippen LogP contribution in [0, 0.1) is 0 Å². The number of phenolic OH excluding ortho intramolecular Hbond substituents is 1. The van der Waals surface area contributed by atoms with Gasteiger partial charge < -0.3 is 29.8 Å². The van der Waals surface area contributed by atoms with Crippen LogP contribution in [-0.4, -0.2) is 38.7 Å². The van der Waals surface area contributed by atoms with E-state index in [4.69, 9.17) is 4.42 Å². The molecule has 12 heteroatoms. The molecule has 2 fully saturated rings. The molecular weight excluding hydrogens is 470 g/mol. The number of phenols is 1. The monoisotopic (exact) mass is 489 g/mol. The van der Waals surface area contributed by atoms with Gasteiger partial charge in [0.25, 0.3) is 11.8 Å². The molecule has 36 heavy (non-hydrogen) atoms. The van der Waals surface area contributed by atoms with Gasteiger partial charge in [-0.2, -0.15) is 0 Å². The van der Waals surface area contributed by atoms with Gasteiger partial charge in [-0.25, -0.2) is 9.59 Å². The van der Waals surface area contributed by atoms with Crippen molar-refractivity contribution >= 4 is 45.6 Å². The highest BCUT2D eigenvalue weighted by Gasteiger charge is 2.51. The summed E-state index contributed by atoms with van der Waals surface area (Å²) in [5, 5.41) is 31.7. The van der Waals surface area contributed by atoms with Gasteiger partial charge in [0, 0.05) is 22.4 Å². The molecule has 0 radical (unpaired) electrons. The van der Waals surface area contributed by atoms with Crippen LogP contribution in [0.15, 0.2) is 53.1 Å². The first kappa shape index (κ1) is 21.5. The van der Waals surface area contributed by atoms with E-state index < -0.39 is 35.0 Å². The third kappa shape index (κ3) is 2.94. The van der Waals surface area contributed by atoms with Gasteiger partial charge in [-0.3, -0.25) is 20.2 Å². The molecule has 6 amide bonds. The van der Waals surface area contributed by atoms with Crippen molar-refractivity contribution in [2.24, 2.45) is 0 Å². The summed E-state index contributed by atoms with van der Waals surface area (Å²) in [4.78, 5) is 49.3. The zero-order valence-electron chi connectivity index (χ0n) is 18.7. The van der Waals surface area contributed by atoms with Gasteiger partial charge >= 0.3 is 12.1 Å². The summed E-state index contributed by atoms with van der Waals surface area (Å²) in [5.41, 5.74) is -2.12. The summed E-state index contributed by atoms with van der Waals surface area (Å²) in [6.07, 6.45) is 1.59. The van der Waals surface area contributed by atoms with E-state index in [2.05, 4.69) is 21.3 Å². The fraction of sp³-hybridized carbons (Fsp3) is 0.167. The van der Waals surface area contributed by atoms with Gasteiger partial charge in [0.2, 0.25) is 0 Å². The summed E-state index contributed by atoms with van der Waals surface area (Å²) < 4.78 is 7.36. The van der Waals surface area contributed by atoms with Crippen LogP contribution in [-0.2, 0) is 27.2 Å². The zero-order chi connectivity index (χ0) is 25.4. The topological polar surface area (TPSA) is 175 Å². The lowest BCUT2D eigenvalue weighted by Crippen LogP contribution is -2.47. The molecule has 2 aromatic carbocycles. The molecule has 1 unspecified atom stereocenters. The van der Waals surface area contributed by atoms with Crippen molar-refractivity contribution in [3.05, 3.63) is 60.0 Å². The molecule has 0 spiro atoms. The SMILES string of the molecule is CC1(c2ccc3oc([C@]4(Cn5cc6ccc(O)cc6c5O)NC(=O)NC4=O)cc3c2)NC(=O)NC1=O. The standard InChI is InChI=1S/C24H19N5O7/c1-23(19(32)25-21(34)27-23)13-3-5-16-12(6-13)7-17(36-16)24(20(33)26-22(35)28-24)10-29-9-11-2-4-14(30)8-15(11)18(29)31/h2-9,30-31H,10H2,1H3,(H2,25,27,32,34)(H2,26,28,33,35)/t23?,24-/m0/s1. The molecule has 6 N–H and O–H groups in total. The molecule has 2 saturated heterocycles. The van der Waals surface area contributed by atoms with Crippen molar-refractivity contribution in [2.75, 3.05) is 0 Å². The predicted molar refractivity (Wildman–Crippen MR) is 124 cm³/mol. The van der Waals surface area contributed by atoms with Crippen molar-refractivity contribution in [2.45, 2.75) is 24.5 Å². The Morgan fingerprint density at radius 2 is 1.64 bits per heavy atom. The number of benzene rings is 2. The average Bonchev–Trinajstić information content (AvgIpc) is 3.53. The Bertz CT molecular complexity index is 1650. The van der Waals surface area contributed by atoms with E-state index in [-0.39, 0.29) is 23.9 Å². The smallest absolute Gasteiger partial charge is 0.322 e. The van der Waals surface area contributed by atoms with Crippen LogP contribution in [0.4, 0.5) is 9.59 Å². The van der Waals surface area contributed by atoms with Crippen LogP contribution in [0.1, 0.15) is 18.2 Å². The van der Waals surface area contributed by atoms with E-state index >= 15 is 0 Å². The van der Waals surface area contributed by atoms with Gasteiger partial charge in [-0.05, 0) is 48.9 Å². The zero-order valence-corrected chi connectivity index (χ0v) is 18.7. The summed E-state index contributed by atoms with van der Waals surface area (Å²) in [5.74, 6) is -1.32.